The topological polar surface area (TPSA) is 86.0 Å². The molecule has 0 radical (unpaired) electrons. The first-order valence-corrected chi connectivity index (χ1v) is 11.5. The van der Waals surface area contributed by atoms with Crippen molar-refractivity contribution in [1.29, 1.82) is 0 Å². The second kappa shape index (κ2) is 7.97. The predicted octanol–water partition coefficient (Wildman–Crippen LogP) is 3.48. The monoisotopic (exact) mass is 408 g/mol. The molecule has 0 atom stereocenters. The van der Waals surface area contributed by atoms with Crippen molar-refractivity contribution in [3.8, 4) is 0 Å². The highest BCUT2D eigenvalue weighted by Crippen LogP contribution is 2.55. The lowest BCUT2D eigenvalue weighted by Crippen LogP contribution is -2.61. The Morgan fingerprint density at radius 2 is 1.67 bits per heavy atom. The van der Waals surface area contributed by atoms with Gasteiger partial charge in [0.15, 0.2) is 0 Å². The van der Waals surface area contributed by atoms with Crippen molar-refractivity contribution in [2.45, 2.75) is 56.9 Å². The van der Waals surface area contributed by atoms with Crippen LogP contribution in [0.2, 0.25) is 0 Å². The predicted molar refractivity (Wildman–Crippen MR) is 117 cm³/mol. The lowest BCUT2D eigenvalue weighted by atomic mass is 9.53. The Labute approximate surface area is 177 Å². The minimum atomic E-state index is -0.108. The van der Waals surface area contributed by atoms with Gasteiger partial charge in [0, 0.05) is 42.1 Å². The van der Waals surface area contributed by atoms with Crippen molar-refractivity contribution in [3.63, 3.8) is 0 Å². The fourth-order valence-corrected chi connectivity index (χ4v) is 6.60. The Morgan fingerprint density at radius 1 is 0.967 bits per heavy atom. The zero-order chi connectivity index (χ0) is 20.6. The van der Waals surface area contributed by atoms with Crippen molar-refractivity contribution in [1.82, 2.24) is 20.9 Å². The molecule has 4 saturated carbocycles. The quantitative estimate of drug-likeness (QED) is 0.565. The number of aromatic nitrogens is 1. The van der Waals surface area contributed by atoms with Gasteiger partial charge in [0.2, 0.25) is 5.91 Å². The molecule has 1 heterocycles. The molecule has 0 unspecified atom stereocenters. The number of hydrogen-bond acceptors (Lipinski definition) is 2. The summed E-state index contributed by atoms with van der Waals surface area (Å²) in [4.78, 5) is 27.8. The molecule has 1 aromatic carbocycles. The van der Waals surface area contributed by atoms with E-state index in [-0.39, 0.29) is 17.5 Å². The molecule has 3 amide bonds. The van der Waals surface area contributed by atoms with Crippen LogP contribution in [0.4, 0.5) is 4.79 Å². The van der Waals surface area contributed by atoms with Crippen LogP contribution in [0, 0.1) is 17.8 Å². The van der Waals surface area contributed by atoms with E-state index in [4.69, 9.17) is 0 Å². The van der Waals surface area contributed by atoms with Gasteiger partial charge in [0.05, 0.1) is 0 Å². The number of hydrogen-bond donors (Lipinski definition) is 4. The maximum Gasteiger partial charge on any atom is 0.315 e. The molecular formula is C24H32N4O2. The number of H-pyrrole nitrogens is 1. The summed E-state index contributed by atoms with van der Waals surface area (Å²) in [6.45, 7) is 0.970. The van der Waals surface area contributed by atoms with Gasteiger partial charge in [-0.2, -0.15) is 0 Å². The highest BCUT2D eigenvalue weighted by atomic mass is 16.2. The molecule has 4 fully saturated rings. The number of amides is 3. The SMILES string of the molecule is O=C(CCNC(=O)NC12CC3CC(CC(C3)C1)C2)NCCc1c[nH]c2ccccc12. The molecule has 6 heteroatoms. The van der Waals surface area contributed by atoms with Crippen molar-refractivity contribution < 1.29 is 9.59 Å². The van der Waals surface area contributed by atoms with Gasteiger partial charge in [-0.25, -0.2) is 4.79 Å². The van der Waals surface area contributed by atoms with Gasteiger partial charge in [-0.15, -0.1) is 0 Å². The van der Waals surface area contributed by atoms with E-state index in [2.05, 4.69) is 33.1 Å². The summed E-state index contributed by atoms with van der Waals surface area (Å²) in [5.41, 5.74) is 2.34. The third-order valence-electron chi connectivity index (χ3n) is 7.45. The Balaban J connectivity index is 1.02. The van der Waals surface area contributed by atoms with Crippen LogP contribution >= 0.6 is 0 Å². The van der Waals surface area contributed by atoms with E-state index >= 15 is 0 Å². The Kier molecular flexibility index (Phi) is 5.17. The molecule has 4 bridgehead atoms. The fourth-order valence-electron chi connectivity index (χ4n) is 6.60. The standard InChI is InChI=1S/C24H32N4O2/c29-22(25-7-5-19-15-27-21-4-2-1-3-20(19)21)6-8-26-23(30)28-24-12-16-9-17(13-24)11-18(10-16)14-24/h1-4,15-18,27H,5-14H2,(H,25,29)(H2,26,28,30). The zero-order valence-electron chi connectivity index (χ0n) is 17.5. The number of rotatable bonds is 7. The number of benzene rings is 1. The second-order valence-electron chi connectivity index (χ2n) is 9.79. The number of fused-ring (bicyclic) bond motifs is 1. The molecule has 2 aromatic rings. The van der Waals surface area contributed by atoms with Crippen LogP contribution < -0.4 is 16.0 Å². The molecular weight excluding hydrogens is 376 g/mol. The first kappa shape index (κ1) is 19.5. The van der Waals surface area contributed by atoms with Crippen LogP contribution in [0.25, 0.3) is 10.9 Å². The van der Waals surface area contributed by atoms with Crippen LogP contribution in [-0.2, 0) is 11.2 Å². The van der Waals surface area contributed by atoms with E-state index < -0.39 is 0 Å². The summed E-state index contributed by atoms with van der Waals surface area (Å²) < 4.78 is 0. The molecule has 4 aliphatic rings. The number of nitrogens with one attached hydrogen (secondary N) is 4. The maximum atomic E-state index is 12.4. The van der Waals surface area contributed by atoms with Crippen LogP contribution in [0.5, 0.6) is 0 Å². The van der Waals surface area contributed by atoms with Gasteiger partial charge in [-0.3, -0.25) is 4.79 Å². The summed E-state index contributed by atoms with van der Waals surface area (Å²) in [5, 5.41) is 10.4. The van der Waals surface area contributed by atoms with Gasteiger partial charge in [0.25, 0.3) is 0 Å². The average Bonchev–Trinajstić information content (AvgIpc) is 3.10. The number of carbonyl (C=O) groups excluding carboxylic acids is 2. The highest BCUT2D eigenvalue weighted by molar-refractivity contribution is 5.83. The zero-order valence-corrected chi connectivity index (χ0v) is 17.5. The summed E-state index contributed by atoms with van der Waals surface area (Å²) in [6.07, 6.45) is 10.6. The Bertz CT molecular complexity index is 899. The lowest BCUT2D eigenvalue weighted by Gasteiger charge is -2.56. The smallest absolute Gasteiger partial charge is 0.315 e. The van der Waals surface area contributed by atoms with Gasteiger partial charge in [-0.05, 0) is 74.3 Å². The van der Waals surface area contributed by atoms with Crippen molar-refractivity contribution >= 4 is 22.8 Å². The van der Waals surface area contributed by atoms with Gasteiger partial charge >= 0.3 is 6.03 Å². The first-order chi connectivity index (χ1) is 14.6. The number of carbonyl (C=O) groups is 2. The molecule has 6 nitrogen and oxygen atoms in total. The average molecular weight is 409 g/mol. The largest absolute Gasteiger partial charge is 0.361 e. The van der Waals surface area contributed by atoms with Crippen LogP contribution in [0.1, 0.15) is 50.5 Å². The molecule has 0 spiro atoms. The minimum absolute atomic E-state index is 0.0143. The van der Waals surface area contributed by atoms with Gasteiger partial charge < -0.3 is 20.9 Å². The van der Waals surface area contributed by atoms with E-state index in [0.29, 0.717) is 19.5 Å². The Hall–Kier alpha value is -2.50. The maximum absolute atomic E-state index is 12.4. The fraction of sp³-hybridized carbons (Fsp3) is 0.583. The lowest BCUT2D eigenvalue weighted by molar-refractivity contribution is -0.120. The van der Waals surface area contributed by atoms with E-state index in [9.17, 15) is 9.59 Å². The summed E-state index contributed by atoms with van der Waals surface area (Å²) >= 11 is 0. The number of aromatic amines is 1. The molecule has 1 aromatic heterocycles. The summed E-state index contributed by atoms with van der Waals surface area (Å²) in [7, 11) is 0. The van der Waals surface area contributed by atoms with Gasteiger partial charge in [0.1, 0.15) is 0 Å². The Morgan fingerprint density at radius 3 is 2.40 bits per heavy atom. The second-order valence-corrected chi connectivity index (χ2v) is 9.79. The number of para-hydroxylation sites is 1. The molecule has 160 valence electrons. The molecule has 4 aliphatic carbocycles. The van der Waals surface area contributed by atoms with Crippen LogP contribution in [0.3, 0.4) is 0 Å². The molecule has 6 rings (SSSR count). The summed E-state index contributed by atoms with van der Waals surface area (Å²) in [6, 6.07) is 8.07. The van der Waals surface area contributed by atoms with Crippen molar-refractivity contribution in [3.05, 3.63) is 36.0 Å². The van der Waals surface area contributed by atoms with E-state index in [1.165, 1.54) is 30.2 Å². The highest BCUT2D eigenvalue weighted by Gasteiger charge is 2.51. The molecule has 4 N–H and O–H groups in total. The number of urea groups is 1. The molecule has 0 saturated heterocycles. The van der Waals surface area contributed by atoms with Crippen molar-refractivity contribution in [2.24, 2.45) is 17.8 Å². The summed E-state index contributed by atoms with van der Waals surface area (Å²) in [5.74, 6) is 2.39. The molecule has 0 aliphatic heterocycles. The van der Waals surface area contributed by atoms with Crippen LogP contribution in [-0.4, -0.2) is 35.6 Å². The van der Waals surface area contributed by atoms with E-state index in [1.54, 1.807) is 0 Å². The van der Waals surface area contributed by atoms with Gasteiger partial charge in [-0.1, -0.05) is 18.2 Å². The normalized spacial score (nSPS) is 29.1. The first-order valence-electron chi connectivity index (χ1n) is 11.5. The third kappa shape index (κ3) is 4.05. The third-order valence-corrected chi connectivity index (χ3v) is 7.45. The van der Waals surface area contributed by atoms with E-state index in [0.717, 1.165) is 49.0 Å². The van der Waals surface area contributed by atoms with Crippen LogP contribution in [0.15, 0.2) is 30.5 Å². The van der Waals surface area contributed by atoms with Crippen molar-refractivity contribution in [2.75, 3.05) is 13.1 Å². The molecule has 30 heavy (non-hydrogen) atoms. The minimum Gasteiger partial charge on any atom is -0.361 e. The van der Waals surface area contributed by atoms with E-state index in [1.807, 2.05) is 18.3 Å².